The largest absolute Gasteiger partial charge is 0.550 e. The maximum atomic E-state index is 12.3. The lowest BCUT2D eigenvalue weighted by molar-refractivity contribution is -0.319. The summed E-state index contributed by atoms with van der Waals surface area (Å²) in [5.41, 5.74) is 0.925. The Hall–Kier alpha value is -2.45. The maximum absolute atomic E-state index is 12.3. The molecule has 8 heteroatoms. The van der Waals surface area contributed by atoms with E-state index in [-0.39, 0.29) is 9.23 Å². The lowest BCUT2D eigenvalue weighted by Gasteiger charge is -2.27. The number of thioether (sulfide) groups is 1. The molecule has 0 unspecified atom stereocenters. The molecule has 1 aliphatic heterocycles. The van der Waals surface area contributed by atoms with Gasteiger partial charge in [-0.15, -0.1) is 0 Å². The standard InChI is InChI=1S/C16H13NO5S2/c18-13(19)9-11(15(21)22)17-14(20)12(24-16(17)23)8-4-7-10-5-2-1-3-6-10/h1-8,11H,9H2,(H,18,19)(H,21,22)/p-2/b7-4+,12-8+/t11-/m0/s1. The average Bonchev–Trinajstić information content (AvgIpc) is 2.80. The number of nitrogens with zero attached hydrogens (tertiary/aromatic N) is 1. The zero-order valence-corrected chi connectivity index (χ0v) is 13.8. The number of amides is 1. The summed E-state index contributed by atoms with van der Waals surface area (Å²) in [5.74, 6) is -3.97. The number of carbonyl (C=O) groups excluding carboxylic acids is 3. The van der Waals surface area contributed by atoms with Crippen LogP contribution in [0.25, 0.3) is 6.08 Å². The molecule has 0 aliphatic carbocycles. The number of allylic oxidation sites excluding steroid dienone is 2. The second kappa shape index (κ2) is 7.89. The topological polar surface area (TPSA) is 101 Å². The Kier molecular flexibility index (Phi) is 5.88. The molecule has 1 fully saturated rings. The average molecular weight is 361 g/mol. The monoisotopic (exact) mass is 361 g/mol. The molecule has 1 heterocycles. The quantitative estimate of drug-likeness (QED) is 0.507. The van der Waals surface area contributed by atoms with Gasteiger partial charge in [0.2, 0.25) is 0 Å². The molecular weight excluding hydrogens is 350 g/mol. The van der Waals surface area contributed by atoms with Crippen LogP contribution in [0, 0.1) is 0 Å². The third kappa shape index (κ3) is 4.30. The molecule has 1 aromatic carbocycles. The molecule has 1 saturated heterocycles. The van der Waals surface area contributed by atoms with Crippen molar-refractivity contribution < 1.29 is 24.6 Å². The predicted octanol–water partition coefficient (Wildman–Crippen LogP) is -0.297. The summed E-state index contributed by atoms with van der Waals surface area (Å²) in [4.78, 5) is 35.0. The second-order valence-corrected chi connectivity index (χ2v) is 6.43. The lowest BCUT2D eigenvalue weighted by Crippen LogP contribution is -2.52. The van der Waals surface area contributed by atoms with E-state index in [0.29, 0.717) is 0 Å². The molecule has 0 spiro atoms. The van der Waals surface area contributed by atoms with E-state index in [1.54, 1.807) is 12.2 Å². The molecule has 24 heavy (non-hydrogen) atoms. The highest BCUT2D eigenvalue weighted by Gasteiger charge is 2.37. The first-order chi connectivity index (χ1) is 11.4. The Morgan fingerprint density at radius 2 is 1.92 bits per heavy atom. The van der Waals surface area contributed by atoms with Crippen LogP contribution in [0.4, 0.5) is 0 Å². The number of hydrogen-bond acceptors (Lipinski definition) is 7. The van der Waals surface area contributed by atoms with Crippen LogP contribution in [0.1, 0.15) is 12.0 Å². The van der Waals surface area contributed by atoms with Crippen molar-refractivity contribution in [2.24, 2.45) is 0 Å². The first-order valence-electron chi connectivity index (χ1n) is 6.79. The molecule has 2 rings (SSSR count). The van der Waals surface area contributed by atoms with Crippen LogP contribution in [-0.2, 0) is 14.4 Å². The molecule has 1 aliphatic rings. The van der Waals surface area contributed by atoms with E-state index >= 15 is 0 Å². The Bertz CT molecular complexity index is 742. The van der Waals surface area contributed by atoms with Gasteiger partial charge in [0.15, 0.2) is 0 Å². The molecule has 1 atom stereocenters. The van der Waals surface area contributed by atoms with Gasteiger partial charge in [0, 0.05) is 12.4 Å². The van der Waals surface area contributed by atoms with Crippen molar-refractivity contribution in [1.29, 1.82) is 0 Å². The summed E-state index contributed by atoms with van der Waals surface area (Å²) in [7, 11) is 0. The van der Waals surface area contributed by atoms with E-state index in [2.05, 4.69) is 0 Å². The van der Waals surface area contributed by atoms with Crippen LogP contribution in [0.3, 0.4) is 0 Å². The number of hydrogen-bond donors (Lipinski definition) is 0. The number of carbonyl (C=O) groups is 3. The summed E-state index contributed by atoms with van der Waals surface area (Å²) in [6.07, 6.45) is 4.01. The molecule has 1 aromatic rings. The first kappa shape index (κ1) is 17.9. The summed E-state index contributed by atoms with van der Waals surface area (Å²) in [6, 6.07) is 7.67. The van der Waals surface area contributed by atoms with Crippen LogP contribution in [0.2, 0.25) is 0 Å². The highest BCUT2D eigenvalue weighted by molar-refractivity contribution is 8.26. The number of carboxylic acid groups (broad SMARTS) is 2. The molecule has 124 valence electrons. The zero-order chi connectivity index (χ0) is 17.7. The van der Waals surface area contributed by atoms with Gasteiger partial charge in [0.25, 0.3) is 5.91 Å². The van der Waals surface area contributed by atoms with Crippen molar-refractivity contribution in [2.45, 2.75) is 12.5 Å². The number of rotatable bonds is 6. The van der Waals surface area contributed by atoms with E-state index in [1.807, 2.05) is 30.3 Å². The van der Waals surface area contributed by atoms with Crippen molar-refractivity contribution in [3.8, 4) is 0 Å². The zero-order valence-electron chi connectivity index (χ0n) is 12.2. The molecule has 0 saturated carbocycles. The van der Waals surface area contributed by atoms with Gasteiger partial charge in [-0.2, -0.15) is 0 Å². The lowest BCUT2D eigenvalue weighted by atomic mass is 10.2. The molecule has 0 bridgehead atoms. The molecule has 0 radical (unpaired) electrons. The Morgan fingerprint density at radius 3 is 2.50 bits per heavy atom. The Balaban J connectivity index is 2.18. The fraction of sp³-hybridized carbons (Fsp3) is 0.125. The number of aliphatic carboxylic acids is 2. The third-order valence-corrected chi connectivity index (χ3v) is 4.45. The van der Waals surface area contributed by atoms with Gasteiger partial charge in [-0.25, -0.2) is 0 Å². The van der Waals surface area contributed by atoms with Gasteiger partial charge in [-0.05, 0) is 11.6 Å². The Morgan fingerprint density at radius 1 is 1.25 bits per heavy atom. The maximum Gasteiger partial charge on any atom is 0.266 e. The minimum atomic E-state index is -1.70. The van der Waals surface area contributed by atoms with E-state index in [0.717, 1.165) is 22.2 Å². The van der Waals surface area contributed by atoms with Gasteiger partial charge in [0.05, 0.1) is 16.9 Å². The number of thiocarbonyl (C=S) groups is 1. The van der Waals surface area contributed by atoms with E-state index < -0.39 is 30.3 Å². The van der Waals surface area contributed by atoms with Crippen molar-refractivity contribution in [3.05, 3.63) is 53.0 Å². The molecule has 1 amide bonds. The van der Waals surface area contributed by atoms with Gasteiger partial charge < -0.3 is 19.8 Å². The normalized spacial score (nSPS) is 17.7. The Labute approximate surface area is 147 Å². The van der Waals surface area contributed by atoms with Crippen molar-refractivity contribution in [1.82, 2.24) is 4.90 Å². The summed E-state index contributed by atoms with van der Waals surface area (Å²) < 4.78 is -0.0326. The summed E-state index contributed by atoms with van der Waals surface area (Å²) in [5, 5.41) is 21.8. The minimum absolute atomic E-state index is 0.0326. The van der Waals surface area contributed by atoms with Crippen LogP contribution in [-0.4, -0.2) is 33.1 Å². The SMILES string of the molecule is O=C([O-])C[C@@H](C(=O)[O-])N1C(=O)/C(=C\C=C\c2ccccc2)SC1=S. The van der Waals surface area contributed by atoms with Gasteiger partial charge >= 0.3 is 0 Å². The number of carboxylic acids is 2. The van der Waals surface area contributed by atoms with Gasteiger partial charge in [-0.3, -0.25) is 9.69 Å². The molecule has 6 nitrogen and oxygen atoms in total. The smallest absolute Gasteiger partial charge is 0.266 e. The summed E-state index contributed by atoms with van der Waals surface area (Å²) in [6.45, 7) is 0. The van der Waals surface area contributed by atoms with Crippen molar-refractivity contribution in [2.75, 3.05) is 0 Å². The second-order valence-electron chi connectivity index (χ2n) is 4.75. The third-order valence-electron chi connectivity index (χ3n) is 3.10. The van der Waals surface area contributed by atoms with E-state index in [1.165, 1.54) is 6.08 Å². The van der Waals surface area contributed by atoms with Crippen LogP contribution in [0.15, 0.2) is 47.4 Å². The van der Waals surface area contributed by atoms with Gasteiger partial charge in [0.1, 0.15) is 4.32 Å². The fourth-order valence-electron chi connectivity index (χ4n) is 2.01. The van der Waals surface area contributed by atoms with Crippen LogP contribution >= 0.6 is 24.0 Å². The van der Waals surface area contributed by atoms with Crippen LogP contribution < -0.4 is 10.2 Å². The highest BCUT2D eigenvalue weighted by atomic mass is 32.2. The molecular formula is C16H11NO5S2-2. The number of benzene rings is 1. The van der Waals surface area contributed by atoms with Crippen molar-refractivity contribution >= 4 is 52.2 Å². The predicted molar refractivity (Wildman–Crippen MR) is 89.0 cm³/mol. The summed E-state index contributed by atoms with van der Waals surface area (Å²) >= 11 is 5.89. The van der Waals surface area contributed by atoms with Gasteiger partial charge in [-0.1, -0.05) is 66.5 Å². The molecule has 0 N–H and O–H groups in total. The molecule has 0 aromatic heterocycles. The van der Waals surface area contributed by atoms with E-state index in [9.17, 15) is 24.6 Å². The van der Waals surface area contributed by atoms with E-state index in [4.69, 9.17) is 12.2 Å². The first-order valence-corrected chi connectivity index (χ1v) is 8.02. The minimum Gasteiger partial charge on any atom is -0.550 e. The van der Waals surface area contributed by atoms with Crippen LogP contribution in [0.5, 0.6) is 0 Å². The fourth-order valence-corrected chi connectivity index (χ4v) is 3.32. The van der Waals surface area contributed by atoms with Crippen molar-refractivity contribution in [3.63, 3.8) is 0 Å². The highest BCUT2D eigenvalue weighted by Crippen LogP contribution is 2.33.